The zero-order valence-corrected chi connectivity index (χ0v) is 11.6. The number of aromatic nitrogens is 1. The Morgan fingerprint density at radius 1 is 1.31 bits per heavy atom. The zero-order valence-electron chi connectivity index (χ0n) is 10.0. The smallest absolute Gasteiger partial charge is 0.0410 e. The molecule has 1 fully saturated rings. The molecular weight excluding hydrogens is 264 g/mol. The van der Waals surface area contributed by atoms with E-state index in [2.05, 4.69) is 45.7 Å². The SMILES string of the molecule is CC1(C)CCN(Cc2cncc(Br)c2)CC1. The van der Waals surface area contributed by atoms with E-state index < -0.39 is 0 Å². The van der Waals surface area contributed by atoms with Gasteiger partial charge in [-0.1, -0.05) is 13.8 Å². The third-order valence-corrected chi connectivity index (χ3v) is 3.81. The van der Waals surface area contributed by atoms with Crippen LogP contribution in [0.4, 0.5) is 0 Å². The molecule has 1 aromatic rings. The van der Waals surface area contributed by atoms with Crippen molar-refractivity contribution in [2.75, 3.05) is 13.1 Å². The third-order valence-electron chi connectivity index (χ3n) is 3.38. The van der Waals surface area contributed by atoms with Crippen LogP contribution in [0.3, 0.4) is 0 Å². The first-order valence-corrected chi connectivity index (χ1v) is 6.66. The van der Waals surface area contributed by atoms with Crippen LogP contribution in [0.1, 0.15) is 32.3 Å². The van der Waals surface area contributed by atoms with Crippen molar-refractivity contribution in [3.8, 4) is 0 Å². The number of rotatable bonds is 2. The van der Waals surface area contributed by atoms with Gasteiger partial charge in [-0.25, -0.2) is 0 Å². The Morgan fingerprint density at radius 3 is 2.62 bits per heavy atom. The maximum atomic E-state index is 4.20. The average molecular weight is 283 g/mol. The van der Waals surface area contributed by atoms with Gasteiger partial charge in [0.1, 0.15) is 0 Å². The van der Waals surface area contributed by atoms with Gasteiger partial charge in [-0.15, -0.1) is 0 Å². The van der Waals surface area contributed by atoms with Crippen molar-refractivity contribution < 1.29 is 0 Å². The van der Waals surface area contributed by atoms with E-state index in [1.54, 1.807) is 0 Å². The summed E-state index contributed by atoms with van der Waals surface area (Å²) in [6, 6.07) is 2.16. The molecule has 0 aliphatic carbocycles. The van der Waals surface area contributed by atoms with Gasteiger partial charge in [-0.3, -0.25) is 9.88 Å². The molecule has 0 atom stereocenters. The van der Waals surface area contributed by atoms with Gasteiger partial charge in [0.15, 0.2) is 0 Å². The number of nitrogens with zero attached hydrogens (tertiary/aromatic N) is 2. The maximum Gasteiger partial charge on any atom is 0.0410 e. The molecule has 0 amide bonds. The summed E-state index contributed by atoms with van der Waals surface area (Å²) >= 11 is 3.46. The normalized spacial score (nSPS) is 20.9. The summed E-state index contributed by atoms with van der Waals surface area (Å²) in [7, 11) is 0. The second-order valence-electron chi connectivity index (χ2n) is 5.45. The van der Waals surface area contributed by atoms with E-state index in [0.717, 1.165) is 11.0 Å². The number of hydrogen-bond donors (Lipinski definition) is 0. The van der Waals surface area contributed by atoms with Crippen molar-refractivity contribution in [2.24, 2.45) is 5.41 Å². The molecule has 2 nitrogen and oxygen atoms in total. The van der Waals surface area contributed by atoms with Gasteiger partial charge in [-0.05, 0) is 58.9 Å². The fraction of sp³-hybridized carbons (Fsp3) is 0.615. The predicted octanol–water partition coefficient (Wildman–Crippen LogP) is 3.47. The van der Waals surface area contributed by atoms with E-state index in [1.807, 2.05) is 12.4 Å². The Hall–Kier alpha value is -0.410. The molecule has 0 N–H and O–H groups in total. The Balaban J connectivity index is 1.92. The van der Waals surface area contributed by atoms with Gasteiger partial charge < -0.3 is 0 Å². The highest BCUT2D eigenvalue weighted by atomic mass is 79.9. The molecule has 3 heteroatoms. The van der Waals surface area contributed by atoms with Crippen LogP contribution in [0.2, 0.25) is 0 Å². The number of halogens is 1. The van der Waals surface area contributed by atoms with Gasteiger partial charge in [0.25, 0.3) is 0 Å². The Morgan fingerprint density at radius 2 is 2.00 bits per heavy atom. The molecule has 2 heterocycles. The maximum absolute atomic E-state index is 4.20. The Labute approximate surface area is 106 Å². The second-order valence-corrected chi connectivity index (χ2v) is 6.37. The Kier molecular flexibility index (Phi) is 3.65. The van der Waals surface area contributed by atoms with Gasteiger partial charge in [0.05, 0.1) is 0 Å². The molecule has 1 aromatic heterocycles. The highest BCUT2D eigenvalue weighted by Gasteiger charge is 2.25. The standard InChI is InChI=1S/C13H19BrN2/c1-13(2)3-5-16(6-4-13)10-11-7-12(14)9-15-8-11/h7-9H,3-6,10H2,1-2H3. The van der Waals surface area contributed by atoms with E-state index in [4.69, 9.17) is 0 Å². The van der Waals surface area contributed by atoms with E-state index >= 15 is 0 Å². The van der Waals surface area contributed by atoms with Crippen LogP contribution in [-0.4, -0.2) is 23.0 Å². The van der Waals surface area contributed by atoms with Gasteiger partial charge in [0.2, 0.25) is 0 Å². The van der Waals surface area contributed by atoms with E-state index in [9.17, 15) is 0 Å². The number of hydrogen-bond acceptors (Lipinski definition) is 2. The predicted molar refractivity (Wildman–Crippen MR) is 70.2 cm³/mol. The Bertz CT molecular complexity index is 353. The number of likely N-dealkylation sites (tertiary alicyclic amines) is 1. The minimum atomic E-state index is 0.534. The molecule has 0 aromatic carbocycles. The number of pyridine rings is 1. The summed E-state index contributed by atoms with van der Waals surface area (Å²) in [4.78, 5) is 6.73. The van der Waals surface area contributed by atoms with Crippen molar-refractivity contribution in [3.05, 3.63) is 28.5 Å². The number of piperidine rings is 1. The van der Waals surface area contributed by atoms with Gasteiger partial charge in [-0.2, -0.15) is 0 Å². The summed E-state index contributed by atoms with van der Waals surface area (Å²) in [5, 5.41) is 0. The first kappa shape index (κ1) is 12.1. The highest BCUT2D eigenvalue weighted by Crippen LogP contribution is 2.30. The van der Waals surface area contributed by atoms with Crippen molar-refractivity contribution in [1.29, 1.82) is 0 Å². The molecule has 16 heavy (non-hydrogen) atoms. The van der Waals surface area contributed by atoms with Crippen molar-refractivity contribution in [1.82, 2.24) is 9.88 Å². The first-order chi connectivity index (χ1) is 7.55. The largest absolute Gasteiger partial charge is 0.299 e. The summed E-state index contributed by atoms with van der Waals surface area (Å²) in [5.74, 6) is 0. The van der Waals surface area contributed by atoms with Crippen LogP contribution in [0.15, 0.2) is 22.9 Å². The zero-order chi connectivity index (χ0) is 11.6. The highest BCUT2D eigenvalue weighted by molar-refractivity contribution is 9.10. The van der Waals surface area contributed by atoms with Crippen molar-refractivity contribution in [2.45, 2.75) is 33.2 Å². The van der Waals surface area contributed by atoms with Crippen molar-refractivity contribution in [3.63, 3.8) is 0 Å². The van der Waals surface area contributed by atoms with E-state index in [1.165, 1.54) is 31.5 Å². The van der Waals surface area contributed by atoms with Crippen LogP contribution in [0.5, 0.6) is 0 Å². The van der Waals surface area contributed by atoms with Crippen LogP contribution in [0.25, 0.3) is 0 Å². The van der Waals surface area contributed by atoms with Gasteiger partial charge >= 0.3 is 0 Å². The minimum Gasteiger partial charge on any atom is -0.299 e. The third kappa shape index (κ3) is 3.29. The fourth-order valence-corrected chi connectivity index (χ4v) is 2.53. The quantitative estimate of drug-likeness (QED) is 0.826. The summed E-state index contributed by atoms with van der Waals surface area (Å²) in [6.07, 6.45) is 6.40. The second kappa shape index (κ2) is 4.84. The monoisotopic (exact) mass is 282 g/mol. The van der Waals surface area contributed by atoms with Crippen LogP contribution in [0, 0.1) is 5.41 Å². The molecule has 1 aliphatic rings. The van der Waals surface area contributed by atoms with Crippen LogP contribution in [-0.2, 0) is 6.54 Å². The lowest BCUT2D eigenvalue weighted by Crippen LogP contribution is -2.36. The molecule has 0 radical (unpaired) electrons. The molecule has 2 rings (SSSR count). The average Bonchev–Trinajstić information content (AvgIpc) is 2.21. The molecule has 0 spiro atoms. The van der Waals surface area contributed by atoms with Crippen LogP contribution < -0.4 is 0 Å². The van der Waals surface area contributed by atoms with Crippen LogP contribution >= 0.6 is 15.9 Å². The summed E-state index contributed by atoms with van der Waals surface area (Å²) in [6.45, 7) is 8.18. The van der Waals surface area contributed by atoms with E-state index in [-0.39, 0.29) is 0 Å². The molecule has 0 unspecified atom stereocenters. The fourth-order valence-electron chi connectivity index (χ4n) is 2.12. The van der Waals surface area contributed by atoms with E-state index in [0.29, 0.717) is 5.41 Å². The molecule has 0 bridgehead atoms. The molecule has 88 valence electrons. The summed E-state index contributed by atoms with van der Waals surface area (Å²) in [5.41, 5.74) is 1.83. The molecule has 1 saturated heterocycles. The minimum absolute atomic E-state index is 0.534. The first-order valence-electron chi connectivity index (χ1n) is 5.87. The van der Waals surface area contributed by atoms with Gasteiger partial charge in [0, 0.05) is 23.4 Å². The lowest BCUT2D eigenvalue weighted by molar-refractivity contribution is 0.127. The molecular formula is C13H19BrN2. The lowest BCUT2D eigenvalue weighted by atomic mass is 9.82. The molecule has 1 aliphatic heterocycles. The van der Waals surface area contributed by atoms with Crippen molar-refractivity contribution >= 4 is 15.9 Å². The molecule has 0 saturated carbocycles. The summed E-state index contributed by atoms with van der Waals surface area (Å²) < 4.78 is 1.07. The topological polar surface area (TPSA) is 16.1 Å². The lowest BCUT2D eigenvalue weighted by Gasteiger charge is -2.36.